The lowest BCUT2D eigenvalue weighted by Crippen LogP contribution is -1.92. The van der Waals surface area contributed by atoms with Gasteiger partial charge in [0.1, 0.15) is 5.76 Å². The van der Waals surface area contributed by atoms with E-state index in [0.29, 0.717) is 10.0 Å². The van der Waals surface area contributed by atoms with Crippen molar-refractivity contribution in [1.29, 1.82) is 0 Å². The number of allylic oxidation sites excluding steroid dienone is 1. The predicted molar refractivity (Wildman–Crippen MR) is 68.2 cm³/mol. The molecule has 0 aromatic heterocycles. The molecule has 0 amide bonds. The van der Waals surface area contributed by atoms with E-state index in [0.717, 1.165) is 11.6 Å². The lowest BCUT2D eigenvalue weighted by Gasteiger charge is -2.00. The Morgan fingerprint density at radius 1 is 1.35 bits per heavy atom. The molecule has 90 valence electrons. The fourth-order valence-electron chi connectivity index (χ4n) is 1.09. The summed E-state index contributed by atoms with van der Waals surface area (Å²) in [5, 5.41) is 9.47. The Morgan fingerprint density at radius 3 is 2.59 bits per heavy atom. The van der Waals surface area contributed by atoms with Crippen LogP contribution >= 0.6 is 23.2 Å². The van der Waals surface area contributed by atoms with Crippen molar-refractivity contribution < 1.29 is 14.6 Å². The van der Waals surface area contributed by atoms with Crippen LogP contribution in [0.3, 0.4) is 0 Å². The van der Waals surface area contributed by atoms with Gasteiger partial charge in [0, 0.05) is 0 Å². The van der Waals surface area contributed by atoms with Gasteiger partial charge in [-0.25, -0.2) is 4.79 Å². The second-order valence-electron chi connectivity index (χ2n) is 3.10. The first-order valence-electron chi connectivity index (χ1n) is 4.64. The van der Waals surface area contributed by atoms with E-state index in [1.807, 2.05) is 0 Å². The summed E-state index contributed by atoms with van der Waals surface area (Å²) in [5.74, 6) is -0.829. The maximum atomic E-state index is 10.4. The van der Waals surface area contributed by atoms with E-state index in [1.165, 1.54) is 13.2 Å². The maximum absolute atomic E-state index is 10.4. The molecule has 17 heavy (non-hydrogen) atoms. The molecule has 0 radical (unpaired) electrons. The van der Waals surface area contributed by atoms with E-state index >= 15 is 0 Å². The van der Waals surface area contributed by atoms with Gasteiger partial charge in [0.15, 0.2) is 0 Å². The highest BCUT2D eigenvalue weighted by atomic mass is 35.5. The molecule has 0 saturated carbocycles. The molecule has 0 aliphatic heterocycles. The molecule has 0 atom stereocenters. The Hall–Kier alpha value is -1.45. The number of benzene rings is 1. The van der Waals surface area contributed by atoms with Crippen molar-refractivity contribution in [1.82, 2.24) is 0 Å². The molecule has 0 aliphatic rings. The minimum absolute atomic E-state index is 0.239. The molecule has 3 nitrogen and oxygen atoms in total. The van der Waals surface area contributed by atoms with Gasteiger partial charge in [-0.3, -0.25) is 0 Å². The number of carbonyl (C=O) groups is 1. The summed E-state index contributed by atoms with van der Waals surface area (Å²) in [5.41, 5.74) is 0.799. The summed E-state index contributed by atoms with van der Waals surface area (Å²) in [6, 6.07) is 5.10. The summed E-state index contributed by atoms with van der Waals surface area (Å²) in [4.78, 5) is 10.4. The number of aliphatic carboxylic acids is 1. The van der Waals surface area contributed by atoms with Crippen molar-refractivity contribution >= 4 is 35.2 Å². The number of hydrogen-bond donors (Lipinski definition) is 1. The van der Waals surface area contributed by atoms with Gasteiger partial charge in [-0.05, 0) is 23.8 Å². The van der Waals surface area contributed by atoms with Crippen molar-refractivity contribution in [2.75, 3.05) is 7.11 Å². The Bertz CT molecular complexity index is 479. The third kappa shape index (κ3) is 4.51. The third-order valence-electron chi connectivity index (χ3n) is 1.89. The van der Waals surface area contributed by atoms with Crippen LogP contribution in [0.5, 0.6) is 0 Å². The Kier molecular flexibility index (Phi) is 5.07. The van der Waals surface area contributed by atoms with E-state index in [9.17, 15) is 4.79 Å². The van der Waals surface area contributed by atoms with E-state index in [1.54, 1.807) is 24.3 Å². The maximum Gasteiger partial charge on any atom is 0.332 e. The number of hydrogen-bond acceptors (Lipinski definition) is 2. The zero-order valence-corrected chi connectivity index (χ0v) is 10.5. The number of rotatable bonds is 4. The summed E-state index contributed by atoms with van der Waals surface area (Å²) in [6.45, 7) is 0. The van der Waals surface area contributed by atoms with Gasteiger partial charge in [0.2, 0.25) is 0 Å². The van der Waals surface area contributed by atoms with Gasteiger partial charge in [0.25, 0.3) is 0 Å². The smallest absolute Gasteiger partial charge is 0.332 e. The Morgan fingerprint density at radius 2 is 2.06 bits per heavy atom. The van der Waals surface area contributed by atoms with E-state index < -0.39 is 5.97 Å². The van der Waals surface area contributed by atoms with Gasteiger partial charge < -0.3 is 9.84 Å². The highest BCUT2D eigenvalue weighted by molar-refractivity contribution is 6.42. The zero-order chi connectivity index (χ0) is 12.8. The van der Waals surface area contributed by atoms with Crippen LogP contribution in [0.1, 0.15) is 5.56 Å². The van der Waals surface area contributed by atoms with Crippen LogP contribution in [0.2, 0.25) is 10.0 Å². The summed E-state index contributed by atoms with van der Waals surface area (Å²) in [6.07, 6.45) is 4.18. The van der Waals surface area contributed by atoms with Crippen molar-refractivity contribution in [2.45, 2.75) is 0 Å². The molecule has 0 aliphatic carbocycles. The lowest BCUT2D eigenvalue weighted by atomic mass is 10.2. The van der Waals surface area contributed by atoms with Gasteiger partial charge in [-0.15, -0.1) is 0 Å². The van der Waals surface area contributed by atoms with Gasteiger partial charge in [0.05, 0.1) is 23.2 Å². The van der Waals surface area contributed by atoms with Crippen LogP contribution in [0.15, 0.2) is 36.1 Å². The Balaban J connectivity index is 2.89. The molecule has 0 unspecified atom stereocenters. The highest BCUT2D eigenvalue weighted by Crippen LogP contribution is 2.23. The monoisotopic (exact) mass is 272 g/mol. The second-order valence-corrected chi connectivity index (χ2v) is 3.91. The van der Waals surface area contributed by atoms with Crippen LogP contribution < -0.4 is 0 Å². The molecule has 0 fully saturated rings. The number of ether oxygens (including phenoxy) is 1. The second kappa shape index (κ2) is 6.33. The SMILES string of the molecule is COC(/C=C/c1ccc(Cl)c(Cl)c1)=C/C(=O)O. The molecular formula is C12H10Cl2O3. The minimum Gasteiger partial charge on any atom is -0.496 e. The molecule has 1 rings (SSSR count). The van der Waals surface area contributed by atoms with Crippen LogP contribution in [0.4, 0.5) is 0 Å². The quantitative estimate of drug-likeness (QED) is 0.517. The molecule has 1 N–H and O–H groups in total. The average Bonchev–Trinajstić information content (AvgIpc) is 2.28. The largest absolute Gasteiger partial charge is 0.496 e. The zero-order valence-electron chi connectivity index (χ0n) is 8.98. The summed E-state index contributed by atoms with van der Waals surface area (Å²) < 4.78 is 4.87. The predicted octanol–water partition coefficient (Wildman–Crippen LogP) is 3.62. The first kappa shape index (κ1) is 13.6. The molecule has 0 bridgehead atoms. The first-order chi connectivity index (χ1) is 8.02. The minimum atomic E-state index is -1.07. The third-order valence-corrected chi connectivity index (χ3v) is 2.62. The first-order valence-corrected chi connectivity index (χ1v) is 5.40. The number of methoxy groups -OCH3 is 1. The molecule has 1 aromatic rings. The average molecular weight is 273 g/mol. The summed E-state index contributed by atoms with van der Waals surface area (Å²) in [7, 11) is 1.40. The van der Waals surface area contributed by atoms with Crippen LogP contribution in [-0.4, -0.2) is 18.2 Å². The lowest BCUT2D eigenvalue weighted by molar-refractivity contribution is -0.131. The van der Waals surface area contributed by atoms with Crippen molar-refractivity contribution in [3.05, 3.63) is 51.7 Å². The molecule has 0 spiro atoms. The van der Waals surface area contributed by atoms with Crippen molar-refractivity contribution in [3.63, 3.8) is 0 Å². The van der Waals surface area contributed by atoms with Gasteiger partial charge in [-0.2, -0.15) is 0 Å². The van der Waals surface area contributed by atoms with E-state index in [2.05, 4.69) is 0 Å². The van der Waals surface area contributed by atoms with Crippen LogP contribution in [0.25, 0.3) is 6.08 Å². The molecule has 0 heterocycles. The number of carboxylic acid groups (broad SMARTS) is 1. The number of carboxylic acids is 1. The topological polar surface area (TPSA) is 46.5 Å². The summed E-state index contributed by atoms with van der Waals surface area (Å²) >= 11 is 11.6. The van der Waals surface area contributed by atoms with Gasteiger partial charge >= 0.3 is 5.97 Å². The molecule has 0 saturated heterocycles. The number of halogens is 2. The fraction of sp³-hybridized carbons (Fsp3) is 0.0833. The van der Waals surface area contributed by atoms with Gasteiger partial charge in [-0.1, -0.05) is 35.3 Å². The fourth-order valence-corrected chi connectivity index (χ4v) is 1.40. The van der Waals surface area contributed by atoms with Crippen LogP contribution in [0, 0.1) is 0 Å². The van der Waals surface area contributed by atoms with Crippen molar-refractivity contribution in [2.24, 2.45) is 0 Å². The van der Waals surface area contributed by atoms with E-state index in [-0.39, 0.29) is 5.76 Å². The highest BCUT2D eigenvalue weighted by Gasteiger charge is 1.98. The standard InChI is InChI=1S/C12H10Cl2O3/c1-17-9(7-12(15)16)4-2-8-3-5-10(13)11(14)6-8/h2-7H,1H3,(H,15,16)/b4-2+,9-7+. The molecule has 1 aromatic carbocycles. The molecule has 5 heteroatoms. The normalized spacial score (nSPS) is 11.8. The van der Waals surface area contributed by atoms with E-state index in [4.69, 9.17) is 33.0 Å². The Labute approximate surface area is 109 Å². The molecular weight excluding hydrogens is 263 g/mol. The van der Waals surface area contributed by atoms with Crippen LogP contribution in [-0.2, 0) is 9.53 Å². The van der Waals surface area contributed by atoms with Crippen molar-refractivity contribution in [3.8, 4) is 0 Å².